The van der Waals surface area contributed by atoms with Crippen LogP contribution in [0.3, 0.4) is 0 Å². The molecule has 0 radical (unpaired) electrons. The zero-order chi connectivity index (χ0) is 17.0. The van der Waals surface area contributed by atoms with E-state index in [1.807, 2.05) is 26.8 Å². The first-order valence-electron chi connectivity index (χ1n) is 8.55. The van der Waals surface area contributed by atoms with Crippen LogP contribution in [0.15, 0.2) is 18.2 Å². The lowest BCUT2D eigenvalue weighted by atomic mass is 9.82. The number of carbonyl (C=O) groups is 1. The summed E-state index contributed by atoms with van der Waals surface area (Å²) in [4.78, 5) is 15.8. The van der Waals surface area contributed by atoms with Crippen LogP contribution in [0, 0.1) is 0 Å². The van der Waals surface area contributed by atoms with Crippen LogP contribution in [-0.4, -0.2) is 34.2 Å². The quantitative estimate of drug-likeness (QED) is 0.888. The van der Waals surface area contributed by atoms with Gasteiger partial charge in [-0.3, -0.25) is 9.80 Å². The second kappa shape index (κ2) is 5.23. The molecular formula is C19H28N2O2. The number of anilines is 1. The Bertz CT molecular complexity index is 627. The fourth-order valence-corrected chi connectivity index (χ4v) is 4.01. The Kier molecular flexibility index (Phi) is 3.71. The zero-order valence-electron chi connectivity index (χ0n) is 14.9. The molecule has 1 aromatic carbocycles. The molecule has 0 unspecified atom stereocenters. The SMILES string of the molecule is CC(C)(C)N(C(=O)O)c1ccc2c(c1)CCN(C1CC1)C2(C)C. The van der Waals surface area contributed by atoms with E-state index in [1.54, 1.807) is 0 Å². The van der Waals surface area contributed by atoms with Crippen LogP contribution in [0.2, 0.25) is 0 Å². The lowest BCUT2D eigenvalue weighted by Crippen LogP contribution is -2.48. The third kappa shape index (κ3) is 2.85. The van der Waals surface area contributed by atoms with Gasteiger partial charge in [0.05, 0.1) is 0 Å². The maximum Gasteiger partial charge on any atom is 0.412 e. The molecule has 0 atom stereocenters. The van der Waals surface area contributed by atoms with Crippen LogP contribution in [0.1, 0.15) is 58.6 Å². The van der Waals surface area contributed by atoms with Crippen molar-refractivity contribution < 1.29 is 9.90 Å². The summed E-state index contributed by atoms with van der Waals surface area (Å²) < 4.78 is 0. The van der Waals surface area contributed by atoms with E-state index in [2.05, 4.69) is 30.9 Å². The highest BCUT2D eigenvalue weighted by Crippen LogP contribution is 2.43. The van der Waals surface area contributed by atoms with Crippen molar-refractivity contribution in [1.29, 1.82) is 0 Å². The van der Waals surface area contributed by atoms with Crippen LogP contribution in [0.4, 0.5) is 10.5 Å². The van der Waals surface area contributed by atoms with Crippen molar-refractivity contribution in [3.63, 3.8) is 0 Å². The first-order chi connectivity index (χ1) is 10.6. The van der Waals surface area contributed by atoms with Gasteiger partial charge in [-0.15, -0.1) is 0 Å². The normalized spacial score (nSPS) is 20.9. The molecule has 23 heavy (non-hydrogen) atoms. The molecule has 4 nitrogen and oxygen atoms in total. The topological polar surface area (TPSA) is 43.8 Å². The van der Waals surface area contributed by atoms with E-state index < -0.39 is 11.6 Å². The molecule has 1 aromatic rings. The van der Waals surface area contributed by atoms with E-state index in [4.69, 9.17) is 0 Å². The highest BCUT2D eigenvalue weighted by atomic mass is 16.4. The lowest BCUT2D eigenvalue weighted by molar-refractivity contribution is 0.0976. The van der Waals surface area contributed by atoms with Gasteiger partial charge in [0.2, 0.25) is 0 Å². The van der Waals surface area contributed by atoms with Crippen LogP contribution in [0.25, 0.3) is 0 Å². The standard InChI is InChI=1S/C19H28N2O2/c1-18(2,3)21(17(22)23)15-8-9-16-13(12-15)10-11-20(14-6-7-14)19(16,4)5/h8-9,12,14H,6-7,10-11H2,1-5H3,(H,22,23). The second-order valence-electron chi connectivity index (χ2n) is 8.36. The monoisotopic (exact) mass is 316 g/mol. The van der Waals surface area contributed by atoms with Crippen molar-refractivity contribution in [2.75, 3.05) is 11.4 Å². The van der Waals surface area contributed by atoms with E-state index in [9.17, 15) is 9.90 Å². The minimum Gasteiger partial charge on any atom is -0.465 e. The van der Waals surface area contributed by atoms with Crippen LogP contribution < -0.4 is 4.90 Å². The largest absolute Gasteiger partial charge is 0.465 e. The molecule has 1 heterocycles. The molecule has 1 fully saturated rings. The Hall–Kier alpha value is -1.55. The molecule has 1 N–H and O–H groups in total. The minimum absolute atomic E-state index is 0.0308. The summed E-state index contributed by atoms with van der Waals surface area (Å²) in [6.45, 7) is 11.4. The summed E-state index contributed by atoms with van der Waals surface area (Å²) in [5.74, 6) is 0. The predicted octanol–water partition coefficient (Wildman–Crippen LogP) is 4.23. The Morgan fingerprint density at radius 3 is 2.48 bits per heavy atom. The van der Waals surface area contributed by atoms with Gasteiger partial charge >= 0.3 is 6.09 Å². The molecule has 0 aromatic heterocycles. The van der Waals surface area contributed by atoms with Gasteiger partial charge in [-0.25, -0.2) is 4.79 Å². The van der Waals surface area contributed by atoms with Crippen LogP contribution in [-0.2, 0) is 12.0 Å². The summed E-state index contributed by atoms with van der Waals surface area (Å²) in [7, 11) is 0. The second-order valence-corrected chi connectivity index (χ2v) is 8.36. The summed E-state index contributed by atoms with van der Waals surface area (Å²) in [6.07, 6.45) is 2.73. The first-order valence-corrected chi connectivity index (χ1v) is 8.55. The van der Waals surface area contributed by atoms with Gasteiger partial charge in [-0.1, -0.05) is 6.07 Å². The van der Waals surface area contributed by atoms with Crippen molar-refractivity contribution in [2.45, 2.75) is 71.0 Å². The molecule has 1 amide bonds. The van der Waals surface area contributed by atoms with E-state index in [0.717, 1.165) is 24.7 Å². The highest BCUT2D eigenvalue weighted by Gasteiger charge is 2.42. The smallest absolute Gasteiger partial charge is 0.412 e. The van der Waals surface area contributed by atoms with Gasteiger partial charge in [0, 0.05) is 29.4 Å². The molecule has 0 bridgehead atoms. The average molecular weight is 316 g/mol. The van der Waals surface area contributed by atoms with E-state index in [1.165, 1.54) is 28.9 Å². The molecule has 0 spiro atoms. The van der Waals surface area contributed by atoms with Gasteiger partial charge in [-0.2, -0.15) is 0 Å². The summed E-state index contributed by atoms with van der Waals surface area (Å²) in [5, 5.41) is 9.61. The Morgan fingerprint density at radius 2 is 1.96 bits per heavy atom. The maximum atomic E-state index is 11.7. The lowest BCUT2D eigenvalue weighted by Gasteiger charge is -2.45. The Labute approximate surface area is 139 Å². The molecule has 1 aliphatic carbocycles. The van der Waals surface area contributed by atoms with Crippen molar-refractivity contribution in [3.8, 4) is 0 Å². The van der Waals surface area contributed by atoms with Crippen LogP contribution in [0.5, 0.6) is 0 Å². The number of amides is 1. The number of rotatable bonds is 2. The number of hydrogen-bond donors (Lipinski definition) is 1. The third-order valence-corrected chi connectivity index (χ3v) is 5.20. The van der Waals surface area contributed by atoms with Gasteiger partial charge in [0.1, 0.15) is 0 Å². The molecule has 126 valence electrons. The minimum atomic E-state index is -0.896. The molecule has 2 aliphatic rings. The summed E-state index contributed by atoms with van der Waals surface area (Å²) in [5.41, 5.74) is 2.99. The van der Waals surface area contributed by atoms with Crippen molar-refractivity contribution in [1.82, 2.24) is 4.90 Å². The molecule has 1 aliphatic heterocycles. The number of fused-ring (bicyclic) bond motifs is 1. The van der Waals surface area contributed by atoms with Crippen molar-refractivity contribution >= 4 is 11.8 Å². The van der Waals surface area contributed by atoms with E-state index >= 15 is 0 Å². The van der Waals surface area contributed by atoms with Crippen molar-refractivity contribution in [2.24, 2.45) is 0 Å². The van der Waals surface area contributed by atoms with Gasteiger partial charge in [0.15, 0.2) is 0 Å². The summed E-state index contributed by atoms with van der Waals surface area (Å²) in [6, 6.07) is 6.93. The average Bonchev–Trinajstić information content (AvgIpc) is 3.20. The molecular weight excluding hydrogens is 288 g/mol. The molecule has 1 saturated carbocycles. The first kappa shape index (κ1) is 16.3. The molecule has 3 rings (SSSR count). The number of nitrogens with zero attached hydrogens (tertiary/aromatic N) is 2. The van der Waals surface area contributed by atoms with Gasteiger partial charge in [0.25, 0.3) is 0 Å². The third-order valence-electron chi connectivity index (χ3n) is 5.20. The number of hydrogen-bond acceptors (Lipinski definition) is 2. The van der Waals surface area contributed by atoms with Gasteiger partial charge in [-0.05, 0) is 77.1 Å². The fraction of sp³-hybridized carbons (Fsp3) is 0.632. The number of benzene rings is 1. The fourth-order valence-electron chi connectivity index (χ4n) is 4.01. The Morgan fingerprint density at radius 1 is 1.30 bits per heavy atom. The van der Waals surface area contributed by atoms with Gasteiger partial charge < -0.3 is 5.11 Å². The Balaban J connectivity index is 1.99. The highest BCUT2D eigenvalue weighted by molar-refractivity contribution is 5.87. The summed E-state index contributed by atoms with van der Waals surface area (Å²) >= 11 is 0. The zero-order valence-corrected chi connectivity index (χ0v) is 14.9. The predicted molar refractivity (Wildman–Crippen MR) is 93.2 cm³/mol. The maximum absolute atomic E-state index is 11.7. The molecule has 0 saturated heterocycles. The van der Waals surface area contributed by atoms with Crippen molar-refractivity contribution in [3.05, 3.63) is 29.3 Å². The van der Waals surface area contributed by atoms with E-state index in [-0.39, 0.29) is 5.54 Å². The van der Waals surface area contributed by atoms with Crippen LogP contribution >= 0.6 is 0 Å². The van der Waals surface area contributed by atoms with E-state index in [0.29, 0.717) is 0 Å². The molecule has 4 heteroatoms. The number of carboxylic acid groups (broad SMARTS) is 1.